The number of aromatic nitrogens is 2. The van der Waals surface area contributed by atoms with E-state index in [-0.39, 0.29) is 5.91 Å². The molecule has 0 aliphatic rings. The number of hydrogen-bond donors (Lipinski definition) is 2. The lowest BCUT2D eigenvalue weighted by atomic mass is 10.4. The molecule has 21 heavy (non-hydrogen) atoms. The Hall–Kier alpha value is -1.70. The van der Waals surface area contributed by atoms with Crippen molar-refractivity contribution in [2.75, 3.05) is 25.6 Å². The molecule has 8 heteroatoms. The van der Waals surface area contributed by atoms with Gasteiger partial charge in [0.2, 0.25) is 0 Å². The molecule has 112 valence electrons. The van der Waals surface area contributed by atoms with E-state index in [4.69, 9.17) is 16.3 Å². The number of nitrogens with one attached hydrogen (secondary N) is 2. The molecule has 0 aliphatic carbocycles. The first-order valence-electron chi connectivity index (χ1n) is 6.23. The van der Waals surface area contributed by atoms with Crippen LogP contribution in [0, 0.1) is 6.92 Å². The first-order chi connectivity index (χ1) is 10.1. The van der Waals surface area contributed by atoms with Crippen molar-refractivity contribution in [2.45, 2.75) is 6.92 Å². The van der Waals surface area contributed by atoms with Crippen LogP contribution in [0.4, 0.5) is 10.9 Å². The average molecular weight is 327 g/mol. The Kier molecular flexibility index (Phi) is 5.49. The molecule has 0 fully saturated rings. The molecule has 0 unspecified atom stereocenters. The Morgan fingerprint density at radius 3 is 2.95 bits per heavy atom. The smallest absolute Gasteiger partial charge is 0.263 e. The van der Waals surface area contributed by atoms with Crippen molar-refractivity contribution in [1.29, 1.82) is 0 Å². The molecule has 2 N–H and O–H groups in total. The van der Waals surface area contributed by atoms with Gasteiger partial charge in [-0.25, -0.2) is 9.97 Å². The Balaban J connectivity index is 2.04. The number of amides is 1. The lowest BCUT2D eigenvalue weighted by Gasteiger charge is -2.02. The molecule has 2 aromatic rings. The minimum atomic E-state index is -0.154. The minimum absolute atomic E-state index is 0.154. The Morgan fingerprint density at radius 1 is 1.48 bits per heavy atom. The van der Waals surface area contributed by atoms with E-state index in [9.17, 15) is 4.79 Å². The van der Waals surface area contributed by atoms with Crippen LogP contribution < -0.4 is 10.6 Å². The molecule has 2 aromatic heterocycles. The quantitative estimate of drug-likeness (QED) is 0.798. The Labute approximate surface area is 131 Å². The average Bonchev–Trinajstić information content (AvgIpc) is 2.82. The Bertz CT molecular complexity index is 615. The van der Waals surface area contributed by atoms with Crippen LogP contribution in [-0.4, -0.2) is 36.1 Å². The molecule has 0 saturated carbocycles. The van der Waals surface area contributed by atoms with E-state index in [0.29, 0.717) is 39.7 Å². The van der Waals surface area contributed by atoms with Crippen molar-refractivity contribution in [3.05, 3.63) is 33.9 Å². The highest BCUT2D eigenvalue weighted by molar-refractivity contribution is 7.17. The first-order valence-corrected chi connectivity index (χ1v) is 7.42. The van der Waals surface area contributed by atoms with Crippen LogP contribution in [0.15, 0.2) is 18.3 Å². The summed E-state index contributed by atoms with van der Waals surface area (Å²) in [6, 6.07) is 3.48. The molecule has 0 saturated heterocycles. The number of ether oxygens (including phenoxy) is 1. The van der Waals surface area contributed by atoms with Gasteiger partial charge in [-0.15, -0.1) is 0 Å². The maximum absolute atomic E-state index is 12.0. The first kappa shape index (κ1) is 15.7. The van der Waals surface area contributed by atoms with E-state index < -0.39 is 0 Å². The zero-order chi connectivity index (χ0) is 15.2. The van der Waals surface area contributed by atoms with Crippen LogP contribution in [0.5, 0.6) is 0 Å². The number of aryl methyl sites for hydroxylation is 1. The third-order valence-electron chi connectivity index (χ3n) is 2.56. The van der Waals surface area contributed by atoms with Gasteiger partial charge in [0.1, 0.15) is 10.7 Å². The predicted octanol–water partition coefficient (Wildman–Crippen LogP) is 2.62. The summed E-state index contributed by atoms with van der Waals surface area (Å²) in [4.78, 5) is 21.0. The molecule has 2 heterocycles. The number of nitrogens with zero attached hydrogens (tertiary/aromatic N) is 2. The van der Waals surface area contributed by atoms with Gasteiger partial charge in [0.05, 0.1) is 17.3 Å². The molecule has 0 aromatic carbocycles. The van der Waals surface area contributed by atoms with Crippen molar-refractivity contribution in [2.24, 2.45) is 0 Å². The second kappa shape index (κ2) is 7.35. The standard InChI is InChI=1S/C13H15ClN4O2S/c1-8-11(12(19)15-5-6-20-2)21-13(17-8)18-10-4-3-9(14)7-16-10/h3-4,7H,5-6H2,1-2H3,(H,15,19)(H,16,17,18). The highest BCUT2D eigenvalue weighted by Gasteiger charge is 2.15. The largest absolute Gasteiger partial charge is 0.383 e. The van der Waals surface area contributed by atoms with Gasteiger partial charge in [0, 0.05) is 19.9 Å². The van der Waals surface area contributed by atoms with E-state index in [2.05, 4.69) is 20.6 Å². The summed E-state index contributed by atoms with van der Waals surface area (Å²) in [5.74, 6) is 0.471. The monoisotopic (exact) mass is 326 g/mol. The molecule has 2 rings (SSSR count). The summed E-state index contributed by atoms with van der Waals surface area (Å²) < 4.78 is 4.89. The summed E-state index contributed by atoms with van der Waals surface area (Å²) in [5.41, 5.74) is 0.673. The third-order valence-corrected chi connectivity index (χ3v) is 3.85. The number of methoxy groups -OCH3 is 1. The maximum Gasteiger partial charge on any atom is 0.263 e. The van der Waals surface area contributed by atoms with Gasteiger partial charge in [-0.05, 0) is 19.1 Å². The van der Waals surface area contributed by atoms with E-state index in [0.717, 1.165) is 0 Å². The van der Waals surface area contributed by atoms with Crippen LogP contribution in [0.1, 0.15) is 15.4 Å². The molecule has 0 atom stereocenters. The number of halogens is 1. The van der Waals surface area contributed by atoms with Crippen LogP contribution in [0.25, 0.3) is 0 Å². The van der Waals surface area contributed by atoms with Crippen molar-refractivity contribution in [3.8, 4) is 0 Å². The molecule has 1 amide bonds. The fourth-order valence-electron chi connectivity index (χ4n) is 1.57. The zero-order valence-electron chi connectivity index (χ0n) is 11.6. The van der Waals surface area contributed by atoms with Gasteiger partial charge in [0.25, 0.3) is 5.91 Å². The van der Waals surface area contributed by atoms with Gasteiger partial charge in [-0.1, -0.05) is 22.9 Å². The topological polar surface area (TPSA) is 76.1 Å². The molecule has 0 spiro atoms. The molecule has 0 bridgehead atoms. The van der Waals surface area contributed by atoms with E-state index in [1.165, 1.54) is 11.3 Å². The highest BCUT2D eigenvalue weighted by atomic mass is 35.5. The van der Waals surface area contributed by atoms with Gasteiger partial charge in [-0.3, -0.25) is 4.79 Å². The molecular weight excluding hydrogens is 312 g/mol. The summed E-state index contributed by atoms with van der Waals surface area (Å²) in [5, 5.41) is 6.99. The van der Waals surface area contributed by atoms with Crippen molar-refractivity contribution >= 4 is 39.8 Å². The van der Waals surface area contributed by atoms with Gasteiger partial charge in [-0.2, -0.15) is 0 Å². The summed E-state index contributed by atoms with van der Waals surface area (Å²) in [7, 11) is 1.59. The minimum Gasteiger partial charge on any atom is -0.383 e. The molecular formula is C13H15ClN4O2S. The van der Waals surface area contributed by atoms with Crippen molar-refractivity contribution in [3.63, 3.8) is 0 Å². The summed E-state index contributed by atoms with van der Waals surface area (Å²) >= 11 is 7.06. The molecule has 6 nitrogen and oxygen atoms in total. The number of carbonyl (C=O) groups is 1. The van der Waals surface area contributed by atoms with Crippen molar-refractivity contribution in [1.82, 2.24) is 15.3 Å². The number of pyridine rings is 1. The number of carbonyl (C=O) groups excluding carboxylic acids is 1. The van der Waals surface area contributed by atoms with Crippen LogP contribution >= 0.6 is 22.9 Å². The second-order valence-corrected chi connectivity index (χ2v) is 5.60. The summed E-state index contributed by atoms with van der Waals surface area (Å²) in [6.45, 7) is 2.74. The second-order valence-electron chi connectivity index (χ2n) is 4.17. The highest BCUT2D eigenvalue weighted by Crippen LogP contribution is 2.25. The number of rotatable bonds is 6. The lowest BCUT2D eigenvalue weighted by molar-refractivity contribution is 0.0940. The SMILES string of the molecule is COCCNC(=O)c1sc(Nc2ccc(Cl)cn2)nc1C. The number of thiazole rings is 1. The van der Waals surface area contributed by atoms with E-state index in [1.54, 1.807) is 32.4 Å². The third kappa shape index (κ3) is 4.38. The van der Waals surface area contributed by atoms with Crippen molar-refractivity contribution < 1.29 is 9.53 Å². The van der Waals surface area contributed by atoms with Crippen LogP contribution in [0.3, 0.4) is 0 Å². The molecule has 0 aliphatic heterocycles. The fraction of sp³-hybridized carbons (Fsp3) is 0.308. The Morgan fingerprint density at radius 2 is 2.29 bits per heavy atom. The van der Waals surface area contributed by atoms with Gasteiger partial charge in [0.15, 0.2) is 5.13 Å². The fourth-order valence-corrected chi connectivity index (χ4v) is 2.57. The number of anilines is 2. The zero-order valence-corrected chi connectivity index (χ0v) is 13.2. The lowest BCUT2D eigenvalue weighted by Crippen LogP contribution is -2.26. The summed E-state index contributed by atoms with van der Waals surface area (Å²) in [6.07, 6.45) is 1.54. The maximum atomic E-state index is 12.0. The van der Waals surface area contributed by atoms with Crippen LogP contribution in [-0.2, 0) is 4.74 Å². The predicted molar refractivity (Wildman–Crippen MR) is 83.6 cm³/mol. The molecule has 0 radical (unpaired) electrons. The van der Waals surface area contributed by atoms with Crippen LogP contribution in [0.2, 0.25) is 5.02 Å². The van der Waals surface area contributed by atoms with Gasteiger partial charge >= 0.3 is 0 Å². The van der Waals surface area contributed by atoms with Gasteiger partial charge < -0.3 is 15.4 Å². The normalized spacial score (nSPS) is 10.4. The van der Waals surface area contributed by atoms with E-state index >= 15 is 0 Å². The van der Waals surface area contributed by atoms with E-state index in [1.807, 2.05) is 0 Å². The number of hydrogen-bond acceptors (Lipinski definition) is 6.